The first kappa shape index (κ1) is 21.4. The molecule has 2 heterocycles. The molecule has 2 aromatic heterocycles. The molecular formula is C21H17FN4O5S. The number of ether oxygens (including phenoxy) is 2. The molecule has 4 rings (SSSR count). The summed E-state index contributed by atoms with van der Waals surface area (Å²) >= 11 is 1.03. The average molecular weight is 456 g/mol. The first-order valence-electron chi connectivity index (χ1n) is 9.32. The van der Waals surface area contributed by atoms with Crippen molar-refractivity contribution in [2.24, 2.45) is 0 Å². The molecule has 0 fully saturated rings. The highest BCUT2D eigenvalue weighted by atomic mass is 32.2. The predicted molar refractivity (Wildman–Crippen MR) is 113 cm³/mol. The third-order valence-electron chi connectivity index (χ3n) is 4.26. The fourth-order valence-electron chi connectivity index (χ4n) is 2.76. The van der Waals surface area contributed by atoms with E-state index in [2.05, 4.69) is 20.2 Å². The van der Waals surface area contributed by atoms with Crippen LogP contribution in [-0.2, 0) is 16.1 Å². The normalized spacial score (nSPS) is 11.9. The standard InChI is InChI=1S/C21H17FN4O5S/c1-29-20(28)18(19-23-14-4-2-3-5-15(14)24-19)16(27)11-32-21-26-25-17(31-21)10-30-13-8-6-12(22)7-9-13/h2-9,27H,10-11H2,1H3,(H,23,24)/b18-16+. The van der Waals surface area contributed by atoms with Crippen molar-refractivity contribution in [3.63, 3.8) is 0 Å². The number of aromatic amines is 1. The molecular weight excluding hydrogens is 439 g/mol. The number of para-hydroxylation sites is 2. The summed E-state index contributed by atoms with van der Waals surface area (Å²) in [6.45, 7) is -0.00654. The van der Waals surface area contributed by atoms with Crippen LogP contribution in [0.4, 0.5) is 4.39 Å². The van der Waals surface area contributed by atoms with E-state index >= 15 is 0 Å². The van der Waals surface area contributed by atoms with Crippen LogP contribution in [0, 0.1) is 5.82 Å². The molecule has 32 heavy (non-hydrogen) atoms. The van der Waals surface area contributed by atoms with Gasteiger partial charge in [-0.3, -0.25) is 0 Å². The molecule has 0 aliphatic heterocycles. The summed E-state index contributed by atoms with van der Waals surface area (Å²) in [6.07, 6.45) is 0. The zero-order valence-corrected chi connectivity index (χ0v) is 17.6. The molecule has 0 amide bonds. The quantitative estimate of drug-likeness (QED) is 0.176. The lowest BCUT2D eigenvalue weighted by Crippen LogP contribution is -2.09. The van der Waals surface area contributed by atoms with Crippen LogP contribution in [0.1, 0.15) is 11.7 Å². The van der Waals surface area contributed by atoms with E-state index in [0.717, 1.165) is 11.8 Å². The fourth-order valence-corrected chi connectivity index (χ4v) is 3.42. The minimum Gasteiger partial charge on any atom is -0.510 e. The predicted octanol–water partition coefficient (Wildman–Crippen LogP) is 3.90. The second kappa shape index (κ2) is 9.52. The van der Waals surface area contributed by atoms with Gasteiger partial charge in [-0.2, -0.15) is 0 Å². The first-order valence-corrected chi connectivity index (χ1v) is 10.3. The number of nitrogens with zero attached hydrogens (tertiary/aromatic N) is 3. The van der Waals surface area contributed by atoms with Gasteiger partial charge in [0, 0.05) is 0 Å². The summed E-state index contributed by atoms with van der Waals surface area (Å²) < 4.78 is 28.7. The van der Waals surface area contributed by atoms with E-state index in [-0.39, 0.29) is 46.4 Å². The Kier molecular flexibility index (Phi) is 6.36. The maximum Gasteiger partial charge on any atom is 0.345 e. The van der Waals surface area contributed by atoms with E-state index in [1.807, 2.05) is 12.1 Å². The zero-order chi connectivity index (χ0) is 22.5. The number of fused-ring (bicyclic) bond motifs is 1. The number of thioether (sulfide) groups is 1. The van der Waals surface area contributed by atoms with Crippen molar-refractivity contribution in [2.75, 3.05) is 12.9 Å². The minimum absolute atomic E-state index is 0.00654. The van der Waals surface area contributed by atoms with Crippen LogP contribution >= 0.6 is 11.8 Å². The SMILES string of the molecule is COC(=O)/C(=C(/O)CSc1nnc(COc2ccc(F)cc2)o1)c1nc2ccccc2[nH]1. The highest BCUT2D eigenvalue weighted by molar-refractivity contribution is 7.99. The highest BCUT2D eigenvalue weighted by Gasteiger charge is 2.22. The van der Waals surface area contributed by atoms with Crippen molar-refractivity contribution in [3.8, 4) is 5.75 Å². The Morgan fingerprint density at radius 1 is 1.19 bits per heavy atom. The summed E-state index contributed by atoms with van der Waals surface area (Å²) in [5.41, 5.74) is 1.27. The van der Waals surface area contributed by atoms with Gasteiger partial charge >= 0.3 is 5.97 Å². The molecule has 2 aromatic carbocycles. The second-order valence-electron chi connectivity index (χ2n) is 6.41. The van der Waals surface area contributed by atoms with Crippen molar-refractivity contribution < 1.29 is 28.2 Å². The maximum absolute atomic E-state index is 12.9. The molecule has 4 aromatic rings. The van der Waals surface area contributed by atoms with Crippen molar-refractivity contribution in [1.29, 1.82) is 0 Å². The van der Waals surface area contributed by atoms with Crippen molar-refractivity contribution >= 4 is 34.3 Å². The monoisotopic (exact) mass is 456 g/mol. The second-order valence-corrected chi connectivity index (χ2v) is 7.34. The van der Waals surface area contributed by atoms with Gasteiger partial charge in [0.1, 0.15) is 28.7 Å². The van der Waals surface area contributed by atoms with Crippen molar-refractivity contribution in [1.82, 2.24) is 20.2 Å². The minimum atomic E-state index is -0.735. The summed E-state index contributed by atoms with van der Waals surface area (Å²) in [6, 6.07) is 12.8. The van der Waals surface area contributed by atoms with Gasteiger partial charge in [0.25, 0.3) is 11.1 Å². The van der Waals surface area contributed by atoms with Crippen LogP contribution in [0.2, 0.25) is 0 Å². The van der Waals surface area contributed by atoms with E-state index in [9.17, 15) is 14.3 Å². The number of aromatic nitrogens is 4. The number of hydrogen-bond acceptors (Lipinski definition) is 9. The summed E-state index contributed by atoms with van der Waals surface area (Å²) in [5.74, 6) is -0.559. The van der Waals surface area contributed by atoms with E-state index in [1.54, 1.807) is 12.1 Å². The topological polar surface area (TPSA) is 123 Å². The van der Waals surface area contributed by atoms with Crippen molar-refractivity contribution in [3.05, 3.63) is 71.8 Å². The third-order valence-corrected chi connectivity index (χ3v) is 5.09. The number of H-pyrrole nitrogens is 1. The Balaban J connectivity index is 1.45. The van der Waals surface area contributed by atoms with Crippen LogP contribution in [0.3, 0.4) is 0 Å². The van der Waals surface area contributed by atoms with E-state index in [0.29, 0.717) is 16.8 Å². The number of aliphatic hydroxyl groups excluding tert-OH is 1. The number of carbonyl (C=O) groups is 1. The first-order chi connectivity index (χ1) is 15.5. The molecule has 0 aliphatic carbocycles. The molecule has 0 saturated carbocycles. The largest absolute Gasteiger partial charge is 0.510 e. The third kappa shape index (κ3) is 4.89. The molecule has 11 heteroatoms. The number of aliphatic hydroxyl groups is 1. The maximum atomic E-state index is 12.9. The molecule has 0 radical (unpaired) electrons. The summed E-state index contributed by atoms with van der Waals surface area (Å²) in [5, 5.41) is 18.5. The Bertz CT molecular complexity index is 1240. The lowest BCUT2D eigenvalue weighted by molar-refractivity contribution is -0.133. The molecule has 0 aliphatic rings. The van der Waals surface area contributed by atoms with Crippen LogP contribution in [0.15, 0.2) is 63.9 Å². The Morgan fingerprint density at radius 3 is 2.72 bits per heavy atom. The Labute approximate surface area is 185 Å². The van der Waals surface area contributed by atoms with Gasteiger partial charge in [0.2, 0.25) is 0 Å². The Hall–Kier alpha value is -3.86. The van der Waals surface area contributed by atoms with Gasteiger partial charge in [0.15, 0.2) is 6.61 Å². The van der Waals surface area contributed by atoms with Crippen LogP contribution in [-0.4, -0.2) is 44.1 Å². The molecule has 0 spiro atoms. The number of hydrogen-bond donors (Lipinski definition) is 2. The number of carbonyl (C=O) groups excluding carboxylic acids is 1. The highest BCUT2D eigenvalue weighted by Crippen LogP contribution is 2.25. The number of nitrogens with one attached hydrogen (secondary N) is 1. The molecule has 0 unspecified atom stereocenters. The van der Waals surface area contributed by atoms with Gasteiger partial charge in [0.05, 0.1) is 23.9 Å². The summed E-state index contributed by atoms with van der Waals surface area (Å²) in [7, 11) is 1.22. The molecule has 0 bridgehead atoms. The lowest BCUT2D eigenvalue weighted by atomic mass is 10.2. The number of rotatable bonds is 8. The number of methoxy groups -OCH3 is 1. The van der Waals surface area contributed by atoms with Gasteiger partial charge in [-0.15, -0.1) is 10.2 Å². The molecule has 9 nitrogen and oxygen atoms in total. The number of esters is 1. The summed E-state index contributed by atoms with van der Waals surface area (Å²) in [4.78, 5) is 19.6. The molecule has 2 N–H and O–H groups in total. The van der Waals surface area contributed by atoms with E-state index in [4.69, 9.17) is 13.9 Å². The van der Waals surface area contributed by atoms with E-state index < -0.39 is 5.97 Å². The zero-order valence-electron chi connectivity index (χ0n) is 16.7. The number of benzene rings is 2. The van der Waals surface area contributed by atoms with Gasteiger partial charge in [-0.25, -0.2) is 14.2 Å². The van der Waals surface area contributed by atoms with E-state index in [1.165, 1.54) is 31.4 Å². The Morgan fingerprint density at radius 2 is 1.97 bits per heavy atom. The molecule has 164 valence electrons. The lowest BCUT2D eigenvalue weighted by Gasteiger charge is -2.06. The van der Waals surface area contributed by atoms with Crippen LogP contribution < -0.4 is 4.74 Å². The average Bonchev–Trinajstić information content (AvgIpc) is 3.44. The van der Waals surface area contributed by atoms with Crippen LogP contribution in [0.25, 0.3) is 16.6 Å². The molecule has 0 saturated heterocycles. The molecule has 0 atom stereocenters. The van der Waals surface area contributed by atoms with Gasteiger partial charge < -0.3 is 24.0 Å². The number of halogens is 1. The smallest absolute Gasteiger partial charge is 0.345 e. The van der Waals surface area contributed by atoms with Crippen LogP contribution in [0.5, 0.6) is 5.75 Å². The number of imidazole rings is 1. The van der Waals surface area contributed by atoms with Gasteiger partial charge in [-0.05, 0) is 36.4 Å². The fraction of sp³-hybridized carbons (Fsp3) is 0.143. The van der Waals surface area contributed by atoms with Gasteiger partial charge in [-0.1, -0.05) is 23.9 Å². The van der Waals surface area contributed by atoms with Crippen molar-refractivity contribution in [2.45, 2.75) is 11.8 Å².